The van der Waals surface area contributed by atoms with Gasteiger partial charge in [0, 0.05) is 30.7 Å². The number of hydrogen-bond acceptors (Lipinski definition) is 9. The molecule has 0 unspecified atom stereocenters. The molecule has 3 N–H and O–H groups in total. The highest BCUT2D eigenvalue weighted by Gasteiger charge is 2.18. The van der Waals surface area contributed by atoms with Crippen molar-refractivity contribution in [3.8, 4) is 0 Å². The van der Waals surface area contributed by atoms with E-state index >= 15 is 0 Å². The Morgan fingerprint density at radius 1 is 1.33 bits per heavy atom. The van der Waals surface area contributed by atoms with Crippen LogP contribution in [0.2, 0.25) is 0 Å². The minimum absolute atomic E-state index is 0.0126. The zero-order valence-electron chi connectivity index (χ0n) is 12.5. The van der Waals surface area contributed by atoms with E-state index in [0.717, 1.165) is 19.2 Å². The zero-order valence-corrected chi connectivity index (χ0v) is 13.3. The summed E-state index contributed by atoms with van der Waals surface area (Å²) in [5.41, 5.74) is 4.99. The molecule has 10 nitrogen and oxygen atoms in total. The molecule has 0 saturated carbocycles. The molecule has 1 aromatic heterocycles. The minimum Gasteiger partial charge on any atom is -0.465 e. The Morgan fingerprint density at radius 3 is 2.62 bits per heavy atom. The summed E-state index contributed by atoms with van der Waals surface area (Å²) in [6, 6.07) is 3.37. The maximum absolute atomic E-state index is 12.1. The fourth-order valence-corrected chi connectivity index (χ4v) is 2.44. The number of aromatic nitrogens is 2. The predicted molar refractivity (Wildman–Crippen MR) is 84.8 cm³/mol. The molecule has 0 radical (unpaired) electrons. The van der Waals surface area contributed by atoms with Gasteiger partial charge in [-0.25, -0.2) is 4.79 Å². The number of carbonyl (C=O) groups is 2. The molecule has 0 aliphatic rings. The SMILES string of the molecule is COC(=O)c1cc(C(=O)NCCc2nnc(N)s2)cc([N+](=O)[O-])c1. The average molecular weight is 351 g/mol. The van der Waals surface area contributed by atoms with Crippen LogP contribution >= 0.6 is 11.3 Å². The van der Waals surface area contributed by atoms with E-state index < -0.39 is 16.8 Å². The van der Waals surface area contributed by atoms with Crippen LogP contribution in [0.1, 0.15) is 25.7 Å². The van der Waals surface area contributed by atoms with Crippen molar-refractivity contribution < 1.29 is 19.2 Å². The number of benzene rings is 1. The molecule has 1 amide bonds. The Balaban J connectivity index is 2.11. The Labute approximate surface area is 139 Å². The number of nitrogen functional groups attached to an aromatic ring is 1. The lowest BCUT2D eigenvalue weighted by atomic mass is 10.1. The van der Waals surface area contributed by atoms with E-state index in [2.05, 4.69) is 20.3 Å². The molecule has 0 aliphatic carbocycles. The van der Waals surface area contributed by atoms with Gasteiger partial charge in [-0.2, -0.15) is 0 Å². The molecule has 0 saturated heterocycles. The van der Waals surface area contributed by atoms with Crippen molar-refractivity contribution in [3.05, 3.63) is 44.4 Å². The second-order valence-corrected chi connectivity index (χ2v) is 5.65. The molecular formula is C13H13N5O5S. The van der Waals surface area contributed by atoms with E-state index in [0.29, 0.717) is 16.6 Å². The predicted octanol–water partition coefficient (Wildman–Crippen LogP) is 0.788. The van der Waals surface area contributed by atoms with Gasteiger partial charge in [0.2, 0.25) is 5.13 Å². The second-order valence-electron chi connectivity index (χ2n) is 4.56. The van der Waals surface area contributed by atoms with Crippen molar-refractivity contribution in [3.63, 3.8) is 0 Å². The third kappa shape index (κ3) is 4.23. The van der Waals surface area contributed by atoms with Crippen molar-refractivity contribution in [2.75, 3.05) is 19.4 Å². The summed E-state index contributed by atoms with van der Waals surface area (Å²) in [6.45, 7) is 0.240. The summed E-state index contributed by atoms with van der Waals surface area (Å²) in [6.07, 6.45) is 0.416. The van der Waals surface area contributed by atoms with Gasteiger partial charge in [0.05, 0.1) is 17.6 Å². The van der Waals surface area contributed by atoms with Gasteiger partial charge in [0.25, 0.3) is 11.6 Å². The summed E-state index contributed by atoms with van der Waals surface area (Å²) in [5.74, 6) is -1.32. The molecule has 2 aromatic rings. The van der Waals surface area contributed by atoms with E-state index in [1.54, 1.807) is 0 Å². The highest BCUT2D eigenvalue weighted by molar-refractivity contribution is 7.15. The topological polar surface area (TPSA) is 150 Å². The van der Waals surface area contributed by atoms with Gasteiger partial charge < -0.3 is 15.8 Å². The van der Waals surface area contributed by atoms with Crippen molar-refractivity contribution >= 4 is 34.0 Å². The lowest BCUT2D eigenvalue weighted by molar-refractivity contribution is -0.384. The Morgan fingerprint density at radius 2 is 2.04 bits per heavy atom. The first-order chi connectivity index (χ1) is 11.4. The van der Waals surface area contributed by atoms with Crippen LogP contribution < -0.4 is 11.1 Å². The highest BCUT2D eigenvalue weighted by Crippen LogP contribution is 2.18. The third-order valence-electron chi connectivity index (χ3n) is 2.92. The lowest BCUT2D eigenvalue weighted by Crippen LogP contribution is -2.26. The molecule has 0 atom stereocenters. The van der Waals surface area contributed by atoms with Crippen LogP contribution in [0.15, 0.2) is 18.2 Å². The number of anilines is 1. The molecule has 2 rings (SSSR count). The third-order valence-corrected chi connectivity index (χ3v) is 3.73. The van der Waals surface area contributed by atoms with E-state index in [-0.39, 0.29) is 23.4 Å². The van der Waals surface area contributed by atoms with Crippen LogP contribution in [0.3, 0.4) is 0 Å². The quantitative estimate of drug-likeness (QED) is 0.440. The number of nitrogens with two attached hydrogens (primary N) is 1. The smallest absolute Gasteiger partial charge is 0.338 e. The van der Waals surface area contributed by atoms with E-state index in [4.69, 9.17) is 5.73 Å². The van der Waals surface area contributed by atoms with E-state index in [1.807, 2.05) is 0 Å². The van der Waals surface area contributed by atoms with Gasteiger partial charge in [0.1, 0.15) is 5.01 Å². The first kappa shape index (κ1) is 17.3. The number of nitro groups is 1. The summed E-state index contributed by atoms with van der Waals surface area (Å²) in [7, 11) is 1.15. The largest absolute Gasteiger partial charge is 0.465 e. The van der Waals surface area contributed by atoms with Gasteiger partial charge in [-0.15, -0.1) is 10.2 Å². The molecule has 1 heterocycles. The van der Waals surface area contributed by atoms with Crippen LogP contribution in [0.5, 0.6) is 0 Å². The molecule has 0 spiro atoms. The lowest BCUT2D eigenvalue weighted by Gasteiger charge is -2.06. The molecule has 0 bridgehead atoms. The Kier molecular flexibility index (Phi) is 5.37. The van der Waals surface area contributed by atoms with Crippen molar-refractivity contribution in [1.29, 1.82) is 0 Å². The maximum Gasteiger partial charge on any atom is 0.338 e. The van der Waals surface area contributed by atoms with E-state index in [1.165, 1.54) is 17.4 Å². The number of methoxy groups -OCH3 is 1. The van der Waals surface area contributed by atoms with E-state index in [9.17, 15) is 19.7 Å². The fraction of sp³-hybridized carbons (Fsp3) is 0.231. The van der Waals surface area contributed by atoms with Crippen LogP contribution in [-0.2, 0) is 11.2 Å². The summed E-state index contributed by atoms with van der Waals surface area (Å²) >= 11 is 1.20. The van der Waals surface area contributed by atoms with Crippen LogP contribution in [0.25, 0.3) is 0 Å². The Bertz CT molecular complexity index is 791. The number of carbonyl (C=O) groups excluding carboxylic acids is 2. The second kappa shape index (κ2) is 7.46. The molecule has 11 heteroatoms. The number of nitrogens with one attached hydrogen (secondary N) is 1. The van der Waals surface area contributed by atoms with Crippen molar-refractivity contribution in [2.24, 2.45) is 0 Å². The zero-order chi connectivity index (χ0) is 17.7. The van der Waals surface area contributed by atoms with Crippen LogP contribution in [0, 0.1) is 10.1 Å². The molecule has 1 aromatic carbocycles. The van der Waals surface area contributed by atoms with Crippen LogP contribution in [-0.4, -0.2) is 40.7 Å². The standard InChI is InChI=1S/C13H13N5O5S/c1-23-12(20)8-4-7(5-9(6-8)18(21)22)11(19)15-3-2-10-16-17-13(14)24-10/h4-6H,2-3H2,1H3,(H2,14,17)(H,15,19). The number of amides is 1. The molecule has 126 valence electrons. The van der Waals surface area contributed by atoms with Crippen LogP contribution in [0.4, 0.5) is 10.8 Å². The molecular weight excluding hydrogens is 338 g/mol. The number of rotatable bonds is 6. The van der Waals surface area contributed by atoms with Gasteiger partial charge in [-0.3, -0.25) is 14.9 Å². The van der Waals surface area contributed by atoms with Gasteiger partial charge in [-0.05, 0) is 6.07 Å². The van der Waals surface area contributed by atoms with Crippen molar-refractivity contribution in [1.82, 2.24) is 15.5 Å². The van der Waals surface area contributed by atoms with Gasteiger partial charge in [-0.1, -0.05) is 11.3 Å². The molecule has 0 aliphatic heterocycles. The Hall–Kier alpha value is -3.08. The minimum atomic E-state index is -0.767. The number of non-ortho nitro benzene ring substituents is 1. The first-order valence-corrected chi connectivity index (χ1v) is 7.46. The van der Waals surface area contributed by atoms with Gasteiger partial charge in [0.15, 0.2) is 0 Å². The van der Waals surface area contributed by atoms with Crippen molar-refractivity contribution in [2.45, 2.75) is 6.42 Å². The maximum atomic E-state index is 12.1. The summed E-state index contributed by atoms with van der Waals surface area (Å²) in [5, 5.41) is 22.0. The highest BCUT2D eigenvalue weighted by atomic mass is 32.1. The summed E-state index contributed by atoms with van der Waals surface area (Å²) < 4.78 is 4.53. The van der Waals surface area contributed by atoms with Gasteiger partial charge >= 0.3 is 5.97 Å². The summed E-state index contributed by atoms with van der Waals surface area (Å²) in [4.78, 5) is 33.9. The first-order valence-electron chi connectivity index (χ1n) is 6.64. The number of nitrogens with zero attached hydrogens (tertiary/aromatic N) is 3. The number of hydrogen-bond donors (Lipinski definition) is 2. The fourth-order valence-electron chi connectivity index (χ4n) is 1.84. The molecule has 0 fully saturated rings. The monoisotopic (exact) mass is 351 g/mol. The number of nitro benzene ring substituents is 1. The number of esters is 1. The number of ether oxygens (including phenoxy) is 1. The normalized spacial score (nSPS) is 10.2. The molecule has 24 heavy (non-hydrogen) atoms. The average Bonchev–Trinajstić information content (AvgIpc) is 2.98.